The number of benzene rings is 2. The van der Waals surface area contributed by atoms with Crippen LogP contribution >= 0.6 is 11.8 Å². The van der Waals surface area contributed by atoms with E-state index in [1.54, 1.807) is 30.3 Å². The highest BCUT2D eigenvalue weighted by molar-refractivity contribution is 8.15. The van der Waals surface area contributed by atoms with Gasteiger partial charge in [0.15, 0.2) is 6.61 Å². The van der Waals surface area contributed by atoms with Crippen molar-refractivity contribution in [2.75, 3.05) is 6.61 Å². The van der Waals surface area contributed by atoms with Crippen LogP contribution in [0.15, 0.2) is 48.5 Å². The van der Waals surface area contributed by atoms with Crippen LogP contribution in [0, 0.1) is 5.82 Å². The first-order chi connectivity index (χ1) is 12.0. The van der Waals surface area contributed by atoms with Crippen LogP contribution in [-0.2, 0) is 11.2 Å². The summed E-state index contributed by atoms with van der Waals surface area (Å²) in [5, 5.41) is 1.48. The van der Waals surface area contributed by atoms with Gasteiger partial charge >= 0.3 is 0 Å². The van der Waals surface area contributed by atoms with Gasteiger partial charge < -0.3 is 4.74 Å². The SMILES string of the molecule is O=C1NC(=O)[C@@H](Cc2ccc(OCC(=O)c3ccccc3F)cc2)S1. The summed E-state index contributed by atoms with van der Waals surface area (Å²) in [6.45, 7) is -0.268. The van der Waals surface area contributed by atoms with Crippen molar-refractivity contribution in [1.82, 2.24) is 5.32 Å². The van der Waals surface area contributed by atoms with Crippen molar-refractivity contribution in [2.24, 2.45) is 0 Å². The van der Waals surface area contributed by atoms with E-state index in [1.165, 1.54) is 18.2 Å². The lowest BCUT2D eigenvalue weighted by Gasteiger charge is -2.08. The second-order valence-corrected chi connectivity index (χ2v) is 6.60. The normalized spacial score (nSPS) is 16.6. The van der Waals surface area contributed by atoms with E-state index in [0.29, 0.717) is 12.2 Å². The lowest BCUT2D eigenvalue weighted by Crippen LogP contribution is -2.25. The highest BCUT2D eigenvalue weighted by atomic mass is 32.2. The molecule has 2 aromatic carbocycles. The quantitative estimate of drug-likeness (QED) is 0.803. The topological polar surface area (TPSA) is 72.5 Å². The largest absolute Gasteiger partial charge is 0.485 e. The fourth-order valence-electron chi connectivity index (χ4n) is 2.38. The smallest absolute Gasteiger partial charge is 0.286 e. The predicted octanol–water partition coefficient (Wildman–Crippen LogP) is 2.98. The Morgan fingerprint density at radius 3 is 2.48 bits per heavy atom. The van der Waals surface area contributed by atoms with Crippen LogP contribution in [0.1, 0.15) is 15.9 Å². The van der Waals surface area contributed by atoms with E-state index >= 15 is 0 Å². The van der Waals surface area contributed by atoms with Crippen LogP contribution in [-0.4, -0.2) is 28.8 Å². The summed E-state index contributed by atoms with van der Waals surface area (Å²) in [5.74, 6) is -0.841. The third-order valence-corrected chi connectivity index (χ3v) is 4.64. The molecule has 0 radical (unpaired) electrons. The molecule has 0 saturated carbocycles. The van der Waals surface area contributed by atoms with Crippen LogP contribution in [0.25, 0.3) is 0 Å². The third-order valence-electron chi connectivity index (χ3n) is 3.66. The standard InChI is InChI=1S/C18H14FNO4S/c19-14-4-2-1-3-13(14)15(21)10-24-12-7-5-11(6-8-12)9-16-17(22)20-18(23)25-16/h1-8,16H,9-10H2,(H,20,22,23)/t16-/m1/s1. The van der Waals surface area contributed by atoms with Gasteiger partial charge in [-0.15, -0.1) is 0 Å². The average molecular weight is 359 g/mol. The zero-order chi connectivity index (χ0) is 17.8. The number of thioether (sulfide) groups is 1. The minimum Gasteiger partial charge on any atom is -0.485 e. The van der Waals surface area contributed by atoms with Gasteiger partial charge in [-0.2, -0.15) is 0 Å². The summed E-state index contributed by atoms with van der Waals surface area (Å²) >= 11 is 0.975. The molecule has 1 atom stereocenters. The Morgan fingerprint density at radius 2 is 1.84 bits per heavy atom. The van der Waals surface area contributed by atoms with Crippen LogP contribution in [0.5, 0.6) is 5.75 Å². The Labute approximate surface area is 147 Å². The van der Waals surface area contributed by atoms with Gasteiger partial charge in [0.25, 0.3) is 5.24 Å². The lowest BCUT2D eigenvalue weighted by molar-refractivity contribution is -0.118. The number of halogens is 1. The van der Waals surface area contributed by atoms with Gasteiger partial charge in [0.1, 0.15) is 11.6 Å². The number of rotatable bonds is 6. The molecular formula is C18H14FNO4S. The van der Waals surface area contributed by atoms with E-state index in [0.717, 1.165) is 17.3 Å². The number of carbonyl (C=O) groups excluding carboxylic acids is 3. The zero-order valence-corrected chi connectivity index (χ0v) is 13.8. The molecule has 1 aliphatic heterocycles. The molecule has 3 rings (SSSR count). The summed E-state index contributed by atoms with van der Waals surface area (Å²) < 4.78 is 18.9. The molecular weight excluding hydrogens is 345 g/mol. The van der Waals surface area contributed by atoms with Crippen LogP contribution in [0.4, 0.5) is 9.18 Å². The summed E-state index contributed by atoms with van der Waals surface area (Å²) in [7, 11) is 0. The Kier molecular flexibility index (Phi) is 5.14. The molecule has 2 amide bonds. The molecule has 128 valence electrons. The molecule has 1 aliphatic rings. The average Bonchev–Trinajstić information content (AvgIpc) is 2.91. The van der Waals surface area contributed by atoms with Crippen LogP contribution in [0.2, 0.25) is 0 Å². The van der Waals surface area contributed by atoms with Crippen molar-refractivity contribution in [3.63, 3.8) is 0 Å². The van der Waals surface area contributed by atoms with Crippen molar-refractivity contribution in [3.05, 3.63) is 65.5 Å². The Hall–Kier alpha value is -2.67. The first-order valence-electron chi connectivity index (χ1n) is 7.54. The molecule has 0 spiro atoms. The van der Waals surface area contributed by atoms with Gasteiger partial charge in [-0.1, -0.05) is 36.0 Å². The van der Waals surface area contributed by atoms with Crippen LogP contribution < -0.4 is 10.1 Å². The number of imide groups is 1. The monoisotopic (exact) mass is 359 g/mol. The summed E-state index contributed by atoms with van der Waals surface area (Å²) in [5.41, 5.74) is 0.864. The van der Waals surface area contributed by atoms with E-state index in [2.05, 4.69) is 5.32 Å². The molecule has 25 heavy (non-hydrogen) atoms. The summed E-state index contributed by atoms with van der Waals surface area (Å²) in [6.07, 6.45) is 0.427. The van der Waals surface area contributed by atoms with Gasteiger partial charge in [0.2, 0.25) is 11.7 Å². The number of Topliss-reactive ketones (excluding diaryl/α,β-unsaturated/α-hetero) is 1. The molecule has 1 N–H and O–H groups in total. The van der Waals surface area contributed by atoms with Gasteiger partial charge in [0, 0.05) is 0 Å². The minimum absolute atomic E-state index is 0.00643. The fraction of sp³-hybridized carbons (Fsp3) is 0.167. The molecule has 0 aliphatic carbocycles. The maximum atomic E-state index is 13.5. The van der Waals surface area contributed by atoms with E-state index in [4.69, 9.17) is 4.74 Å². The number of ketones is 1. The minimum atomic E-state index is -0.576. The first kappa shape index (κ1) is 17.2. The van der Waals surface area contributed by atoms with E-state index in [1.807, 2.05) is 0 Å². The molecule has 1 heterocycles. The third kappa shape index (κ3) is 4.24. The number of ether oxygens (including phenoxy) is 1. The molecule has 1 fully saturated rings. The Bertz CT molecular complexity index is 822. The second-order valence-electron chi connectivity index (χ2n) is 5.42. The molecule has 0 unspecified atom stereocenters. The fourth-order valence-corrected chi connectivity index (χ4v) is 3.24. The van der Waals surface area contributed by atoms with Crippen LogP contribution in [0.3, 0.4) is 0 Å². The molecule has 7 heteroatoms. The maximum Gasteiger partial charge on any atom is 0.286 e. The second kappa shape index (κ2) is 7.48. The zero-order valence-electron chi connectivity index (χ0n) is 13.0. The summed E-state index contributed by atoms with van der Waals surface area (Å²) in [4.78, 5) is 34.7. The Balaban J connectivity index is 1.56. The number of carbonyl (C=O) groups is 3. The molecule has 0 bridgehead atoms. The first-order valence-corrected chi connectivity index (χ1v) is 8.42. The van der Waals surface area contributed by atoms with Crippen molar-refractivity contribution in [3.8, 4) is 5.75 Å². The lowest BCUT2D eigenvalue weighted by atomic mass is 10.1. The number of hydrogen-bond donors (Lipinski definition) is 1. The Morgan fingerprint density at radius 1 is 1.12 bits per heavy atom. The number of amides is 2. The number of hydrogen-bond acceptors (Lipinski definition) is 5. The summed E-state index contributed by atoms with van der Waals surface area (Å²) in [6, 6.07) is 12.6. The van der Waals surface area contributed by atoms with Gasteiger partial charge in [-0.05, 0) is 36.2 Å². The van der Waals surface area contributed by atoms with Gasteiger partial charge in [-0.25, -0.2) is 4.39 Å². The van der Waals surface area contributed by atoms with Crippen molar-refractivity contribution >= 4 is 28.7 Å². The van der Waals surface area contributed by atoms with E-state index in [-0.39, 0.29) is 23.3 Å². The molecule has 1 saturated heterocycles. The highest BCUT2D eigenvalue weighted by Gasteiger charge is 2.31. The molecule has 0 aromatic heterocycles. The van der Waals surface area contributed by atoms with Crippen molar-refractivity contribution in [1.29, 1.82) is 0 Å². The molecule has 5 nitrogen and oxygen atoms in total. The maximum absolute atomic E-state index is 13.5. The van der Waals surface area contributed by atoms with E-state index in [9.17, 15) is 18.8 Å². The van der Waals surface area contributed by atoms with Gasteiger partial charge in [-0.3, -0.25) is 19.7 Å². The molecule has 2 aromatic rings. The predicted molar refractivity (Wildman–Crippen MR) is 91.3 cm³/mol. The highest BCUT2D eigenvalue weighted by Crippen LogP contribution is 2.24. The van der Waals surface area contributed by atoms with Gasteiger partial charge in [0.05, 0.1) is 10.8 Å². The van der Waals surface area contributed by atoms with E-state index < -0.39 is 16.9 Å². The number of nitrogens with one attached hydrogen (secondary N) is 1. The van der Waals surface area contributed by atoms with Crippen molar-refractivity contribution < 1.29 is 23.5 Å². The van der Waals surface area contributed by atoms with Crippen molar-refractivity contribution in [2.45, 2.75) is 11.7 Å².